The summed E-state index contributed by atoms with van der Waals surface area (Å²) in [5, 5.41) is 2.13. The van der Waals surface area contributed by atoms with Gasteiger partial charge in [-0.25, -0.2) is 4.57 Å². The van der Waals surface area contributed by atoms with Crippen molar-refractivity contribution in [2.24, 2.45) is 7.05 Å². The van der Waals surface area contributed by atoms with Crippen molar-refractivity contribution in [3.05, 3.63) is 113 Å². The number of nitrogens with zero attached hydrogens (tertiary/aromatic N) is 1. The van der Waals surface area contributed by atoms with E-state index in [4.69, 9.17) is 8.53 Å². The van der Waals surface area contributed by atoms with Crippen molar-refractivity contribution >= 4 is 21.9 Å². The number of rotatable bonds is 3. The number of pyridine rings is 1. The van der Waals surface area contributed by atoms with Crippen LogP contribution in [0, 0.1) is 13.8 Å². The Hall–Kier alpha value is -4.17. The first-order valence-electron chi connectivity index (χ1n) is 16.3. The fourth-order valence-corrected chi connectivity index (χ4v) is 6.09. The lowest BCUT2D eigenvalue weighted by Gasteiger charge is -2.25. The molecule has 0 N–H and O–H groups in total. The largest absolute Gasteiger partial charge is 0.454 e. The SMILES string of the molecule is [2H]C([2H])([2H])c1cc(C(C)(C)C)ccc1-c1cc(-c2c(C)ccc3c2oc2c(-c4ccccc4)cccc23)[n+](C)cc1C(C)(C)C. The molecule has 0 aliphatic heterocycles. The number of fused-ring (bicyclic) bond motifs is 3. The Morgan fingerprint density at radius 3 is 2.10 bits per heavy atom. The molecule has 0 amide bonds. The van der Waals surface area contributed by atoms with E-state index in [1.807, 2.05) is 30.3 Å². The summed E-state index contributed by atoms with van der Waals surface area (Å²) in [5.41, 5.74) is 10.7. The van der Waals surface area contributed by atoms with Crippen molar-refractivity contribution in [2.45, 2.75) is 66.1 Å². The van der Waals surface area contributed by atoms with Crippen LogP contribution in [0.4, 0.5) is 0 Å². The maximum Gasteiger partial charge on any atom is 0.216 e. The first kappa shape index (κ1) is 24.4. The average molecular weight is 556 g/mol. The van der Waals surface area contributed by atoms with Gasteiger partial charge in [-0.15, -0.1) is 0 Å². The zero-order chi connectivity index (χ0) is 32.5. The fraction of sp³-hybridized carbons (Fsp3) is 0.275. The van der Waals surface area contributed by atoms with Crippen molar-refractivity contribution in [1.82, 2.24) is 0 Å². The molecular weight excluding hydrogens is 510 g/mol. The Morgan fingerprint density at radius 2 is 1.40 bits per heavy atom. The van der Waals surface area contributed by atoms with Crippen LogP contribution in [0.2, 0.25) is 0 Å². The van der Waals surface area contributed by atoms with Crippen molar-refractivity contribution in [3.8, 4) is 33.5 Å². The Kier molecular flexibility index (Phi) is 5.81. The molecule has 6 aromatic rings. The van der Waals surface area contributed by atoms with E-state index >= 15 is 0 Å². The van der Waals surface area contributed by atoms with E-state index in [0.29, 0.717) is 5.56 Å². The molecule has 0 aliphatic carbocycles. The van der Waals surface area contributed by atoms with Crippen LogP contribution in [0.1, 0.15) is 67.9 Å². The highest BCUT2D eigenvalue weighted by molar-refractivity contribution is 6.13. The molecule has 4 aromatic carbocycles. The second-order valence-corrected chi connectivity index (χ2v) is 13.6. The summed E-state index contributed by atoms with van der Waals surface area (Å²) < 4.78 is 34.7. The van der Waals surface area contributed by atoms with Gasteiger partial charge in [0.1, 0.15) is 18.2 Å². The molecule has 2 aromatic heterocycles. The second kappa shape index (κ2) is 9.98. The molecular formula is C40H42NO+. The molecule has 2 heterocycles. The number of furan rings is 1. The van der Waals surface area contributed by atoms with Crippen LogP contribution < -0.4 is 4.57 Å². The van der Waals surface area contributed by atoms with Gasteiger partial charge in [0.15, 0.2) is 6.20 Å². The standard InChI is InChI=1S/C40H42NO/c1-25-18-20-32-31-17-13-16-30(27-14-11-10-12-15-27)37(31)42-38(32)36(25)35-23-33(34(24-41(35)9)40(6,7)8)29-21-19-28(22-26(29)2)39(3,4)5/h10-24H,1-9H3/q+1/i2D3. The van der Waals surface area contributed by atoms with Crippen LogP contribution >= 0.6 is 0 Å². The summed E-state index contributed by atoms with van der Waals surface area (Å²) >= 11 is 0. The molecule has 2 nitrogen and oxygen atoms in total. The van der Waals surface area contributed by atoms with Gasteiger partial charge < -0.3 is 4.42 Å². The summed E-state index contributed by atoms with van der Waals surface area (Å²) in [6, 6.07) is 29.1. The predicted molar refractivity (Wildman–Crippen MR) is 178 cm³/mol. The van der Waals surface area contributed by atoms with Crippen LogP contribution in [0.5, 0.6) is 0 Å². The van der Waals surface area contributed by atoms with E-state index < -0.39 is 6.85 Å². The highest BCUT2D eigenvalue weighted by Gasteiger charge is 2.29. The first-order valence-corrected chi connectivity index (χ1v) is 14.8. The van der Waals surface area contributed by atoms with Crippen LogP contribution in [-0.2, 0) is 17.9 Å². The molecule has 0 fully saturated rings. The number of aromatic nitrogens is 1. The topological polar surface area (TPSA) is 17.0 Å². The Morgan fingerprint density at radius 1 is 0.667 bits per heavy atom. The lowest BCUT2D eigenvalue weighted by atomic mass is 9.79. The summed E-state index contributed by atoms with van der Waals surface area (Å²) in [6.45, 7) is 12.7. The van der Waals surface area contributed by atoms with Crippen molar-refractivity contribution in [1.29, 1.82) is 0 Å². The minimum Gasteiger partial charge on any atom is -0.454 e. The Balaban J connectivity index is 1.67. The van der Waals surface area contributed by atoms with E-state index in [2.05, 4.69) is 121 Å². The molecule has 0 spiro atoms. The molecule has 212 valence electrons. The molecule has 0 unspecified atom stereocenters. The van der Waals surface area contributed by atoms with Gasteiger partial charge in [-0.1, -0.05) is 120 Å². The summed E-state index contributed by atoms with van der Waals surface area (Å²) in [6.07, 6.45) is 2.17. The van der Waals surface area contributed by atoms with Crippen LogP contribution in [-0.4, -0.2) is 0 Å². The molecule has 42 heavy (non-hydrogen) atoms. The molecule has 0 saturated carbocycles. The van der Waals surface area contributed by atoms with Crippen molar-refractivity contribution < 1.29 is 13.1 Å². The molecule has 0 bridgehead atoms. The zero-order valence-electron chi connectivity index (χ0n) is 29.0. The van der Waals surface area contributed by atoms with Crippen molar-refractivity contribution in [2.75, 3.05) is 0 Å². The van der Waals surface area contributed by atoms with Crippen molar-refractivity contribution in [3.63, 3.8) is 0 Å². The van der Waals surface area contributed by atoms with Gasteiger partial charge >= 0.3 is 0 Å². The number of hydrogen-bond donors (Lipinski definition) is 0. The summed E-state index contributed by atoms with van der Waals surface area (Å²) in [7, 11) is 2.07. The third-order valence-electron chi connectivity index (χ3n) is 8.47. The van der Waals surface area contributed by atoms with Crippen LogP contribution in [0.3, 0.4) is 0 Å². The van der Waals surface area contributed by atoms with Gasteiger partial charge in [-0.05, 0) is 58.0 Å². The van der Waals surface area contributed by atoms with Crippen LogP contribution in [0.25, 0.3) is 55.4 Å². The highest BCUT2D eigenvalue weighted by atomic mass is 16.3. The predicted octanol–water partition coefficient (Wildman–Crippen LogP) is 10.6. The Labute approximate surface area is 254 Å². The van der Waals surface area contributed by atoms with E-state index in [9.17, 15) is 0 Å². The van der Waals surface area contributed by atoms with E-state index in [-0.39, 0.29) is 10.8 Å². The van der Waals surface area contributed by atoms with Gasteiger partial charge in [0.05, 0.1) is 5.56 Å². The lowest BCUT2D eigenvalue weighted by Crippen LogP contribution is -2.34. The maximum atomic E-state index is 8.56. The van der Waals surface area contributed by atoms with Gasteiger partial charge in [0, 0.05) is 32.1 Å². The number of benzene rings is 4. The third-order valence-corrected chi connectivity index (χ3v) is 8.47. The zero-order valence-corrected chi connectivity index (χ0v) is 26.0. The molecule has 0 radical (unpaired) electrons. The molecule has 6 rings (SSSR count). The smallest absolute Gasteiger partial charge is 0.216 e. The number of para-hydroxylation sites is 1. The quantitative estimate of drug-likeness (QED) is 0.199. The molecule has 0 aliphatic rings. The summed E-state index contributed by atoms with van der Waals surface area (Å²) in [4.78, 5) is 0. The second-order valence-electron chi connectivity index (χ2n) is 13.6. The number of aryl methyl sites for hydroxylation is 3. The summed E-state index contributed by atoms with van der Waals surface area (Å²) in [5.74, 6) is 0. The van der Waals surface area contributed by atoms with Gasteiger partial charge in [0.2, 0.25) is 5.69 Å². The minimum atomic E-state index is -2.27. The maximum absolute atomic E-state index is 8.56. The highest BCUT2D eigenvalue weighted by Crippen LogP contribution is 2.43. The van der Waals surface area contributed by atoms with Crippen LogP contribution in [0.15, 0.2) is 95.5 Å². The van der Waals surface area contributed by atoms with Gasteiger partial charge in [-0.2, -0.15) is 0 Å². The molecule has 0 saturated heterocycles. The monoisotopic (exact) mass is 555 g/mol. The normalized spacial score (nSPS) is 13.8. The Bertz CT molecular complexity index is 2070. The van der Waals surface area contributed by atoms with E-state index in [1.165, 1.54) is 0 Å². The molecule has 0 atom stereocenters. The first-order chi connectivity index (χ1) is 21.1. The average Bonchev–Trinajstić information content (AvgIpc) is 3.35. The van der Waals surface area contributed by atoms with E-state index in [1.54, 1.807) is 0 Å². The number of hydrogen-bond acceptors (Lipinski definition) is 1. The van der Waals surface area contributed by atoms with Gasteiger partial charge in [-0.3, -0.25) is 0 Å². The fourth-order valence-electron chi connectivity index (χ4n) is 6.09. The minimum absolute atomic E-state index is 0.174. The lowest BCUT2D eigenvalue weighted by molar-refractivity contribution is -0.660. The van der Waals surface area contributed by atoms with Gasteiger partial charge in [0.25, 0.3) is 0 Å². The third kappa shape index (κ3) is 4.73. The molecule has 2 heteroatoms. The van der Waals surface area contributed by atoms with E-state index in [0.717, 1.165) is 72.1 Å².